The van der Waals surface area contributed by atoms with E-state index in [9.17, 15) is 14.7 Å². The molecule has 2 heterocycles. The van der Waals surface area contributed by atoms with Gasteiger partial charge in [-0.1, -0.05) is 13.8 Å². The van der Waals surface area contributed by atoms with Gasteiger partial charge < -0.3 is 14.9 Å². The summed E-state index contributed by atoms with van der Waals surface area (Å²) in [7, 11) is 2.11. The van der Waals surface area contributed by atoms with E-state index < -0.39 is 11.9 Å². The summed E-state index contributed by atoms with van der Waals surface area (Å²) in [6.07, 6.45) is 1.08. The molecule has 2 saturated heterocycles. The number of nitrogens with zero attached hydrogens (tertiary/aromatic N) is 3. The van der Waals surface area contributed by atoms with Crippen LogP contribution < -0.4 is 0 Å². The Bertz CT molecular complexity index is 413. The number of hydrogen-bond donors (Lipinski definition) is 1. The van der Waals surface area contributed by atoms with Crippen LogP contribution >= 0.6 is 0 Å². The predicted molar refractivity (Wildman–Crippen MR) is 84.6 cm³/mol. The lowest BCUT2D eigenvalue weighted by molar-refractivity contribution is -0.143. The van der Waals surface area contributed by atoms with Gasteiger partial charge >= 0.3 is 5.97 Å². The first-order valence-electron chi connectivity index (χ1n) is 8.30. The minimum absolute atomic E-state index is 0.0664. The SMILES string of the molecule is CC(C)[C@@H]1CN(C(=O)CN2CCCN(C)CC2)C[C@H]1C(=O)O. The molecule has 2 aliphatic heterocycles. The Morgan fingerprint density at radius 1 is 1.14 bits per heavy atom. The van der Waals surface area contributed by atoms with Crippen LogP contribution in [0.1, 0.15) is 20.3 Å². The van der Waals surface area contributed by atoms with Crippen molar-refractivity contribution in [3.8, 4) is 0 Å². The molecule has 2 aliphatic rings. The van der Waals surface area contributed by atoms with Gasteiger partial charge in [-0.25, -0.2) is 0 Å². The van der Waals surface area contributed by atoms with Crippen molar-refractivity contribution in [2.75, 3.05) is 52.9 Å². The second kappa shape index (κ2) is 7.42. The third-order valence-electron chi connectivity index (χ3n) is 5.06. The van der Waals surface area contributed by atoms with Crippen molar-refractivity contribution in [3.63, 3.8) is 0 Å². The van der Waals surface area contributed by atoms with Crippen LogP contribution in [0.4, 0.5) is 0 Å². The molecule has 126 valence electrons. The molecular formula is C16H29N3O3. The van der Waals surface area contributed by atoms with Gasteiger partial charge in [0.05, 0.1) is 12.5 Å². The van der Waals surface area contributed by atoms with Gasteiger partial charge in [-0.05, 0) is 38.4 Å². The maximum atomic E-state index is 12.5. The normalized spacial score (nSPS) is 28.1. The van der Waals surface area contributed by atoms with E-state index in [1.54, 1.807) is 4.90 Å². The standard InChI is InChI=1S/C16H29N3O3/c1-12(2)13-9-19(10-14(13)16(21)22)15(20)11-18-6-4-5-17(3)7-8-18/h12-14H,4-11H2,1-3H3,(H,21,22)/t13-,14+/m0/s1. The van der Waals surface area contributed by atoms with Crippen LogP contribution in [0.3, 0.4) is 0 Å². The van der Waals surface area contributed by atoms with Crippen molar-refractivity contribution >= 4 is 11.9 Å². The van der Waals surface area contributed by atoms with Crippen molar-refractivity contribution < 1.29 is 14.7 Å². The summed E-state index contributed by atoms with van der Waals surface area (Å²) < 4.78 is 0. The second-order valence-corrected chi connectivity index (χ2v) is 7.08. The molecule has 0 radical (unpaired) electrons. The van der Waals surface area contributed by atoms with Crippen LogP contribution in [-0.2, 0) is 9.59 Å². The molecule has 1 amide bonds. The predicted octanol–water partition coefficient (Wildman–Crippen LogP) is 0.439. The van der Waals surface area contributed by atoms with Crippen molar-refractivity contribution in [2.45, 2.75) is 20.3 Å². The molecule has 6 heteroatoms. The number of likely N-dealkylation sites (N-methyl/N-ethyl adjacent to an activating group) is 1. The zero-order valence-corrected chi connectivity index (χ0v) is 14.0. The van der Waals surface area contributed by atoms with Crippen LogP contribution in [0, 0.1) is 17.8 Å². The Morgan fingerprint density at radius 2 is 1.86 bits per heavy atom. The molecule has 0 aromatic heterocycles. The summed E-state index contributed by atoms with van der Waals surface area (Å²) in [6, 6.07) is 0. The topological polar surface area (TPSA) is 64.1 Å². The van der Waals surface area contributed by atoms with E-state index in [1.807, 2.05) is 13.8 Å². The van der Waals surface area contributed by atoms with E-state index in [-0.39, 0.29) is 17.7 Å². The Hall–Kier alpha value is -1.14. The van der Waals surface area contributed by atoms with Gasteiger partial charge in [-0.15, -0.1) is 0 Å². The Kier molecular flexibility index (Phi) is 5.81. The van der Waals surface area contributed by atoms with Gasteiger partial charge in [0.15, 0.2) is 0 Å². The van der Waals surface area contributed by atoms with Crippen LogP contribution in [-0.4, -0.2) is 84.5 Å². The summed E-state index contributed by atoms with van der Waals surface area (Å²) in [6.45, 7) is 9.37. The van der Waals surface area contributed by atoms with Crippen molar-refractivity contribution in [2.24, 2.45) is 17.8 Å². The molecule has 0 spiro atoms. The minimum Gasteiger partial charge on any atom is -0.481 e. The van der Waals surface area contributed by atoms with E-state index >= 15 is 0 Å². The van der Waals surface area contributed by atoms with E-state index in [1.165, 1.54) is 0 Å². The zero-order valence-electron chi connectivity index (χ0n) is 14.0. The Morgan fingerprint density at radius 3 is 2.45 bits per heavy atom. The van der Waals surface area contributed by atoms with Gasteiger partial charge in [0.1, 0.15) is 0 Å². The first-order chi connectivity index (χ1) is 10.4. The van der Waals surface area contributed by atoms with E-state index in [4.69, 9.17) is 0 Å². The average Bonchev–Trinajstić information content (AvgIpc) is 2.81. The average molecular weight is 311 g/mol. The number of carboxylic acid groups (broad SMARTS) is 1. The van der Waals surface area contributed by atoms with Crippen LogP contribution in [0.15, 0.2) is 0 Å². The fraction of sp³-hybridized carbons (Fsp3) is 0.875. The molecule has 6 nitrogen and oxygen atoms in total. The number of hydrogen-bond acceptors (Lipinski definition) is 4. The molecule has 0 bridgehead atoms. The summed E-state index contributed by atoms with van der Waals surface area (Å²) in [5, 5.41) is 9.37. The third kappa shape index (κ3) is 4.20. The second-order valence-electron chi connectivity index (χ2n) is 7.08. The summed E-state index contributed by atoms with van der Waals surface area (Å²) >= 11 is 0. The minimum atomic E-state index is -0.773. The molecule has 2 rings (SSSR count). The van der Waals surface area contributed by atoms with Gasteiger partial charge in [0.2, 0.25) is 5.91 Å². The fourth-order valence-corrected chi connectivity index (χ4v) is 3.52. The number of carbonyl (C=O) groups is 2. The Balaban J connectivity index is 1.91. The highest BCUT2D eigenvalue weighted by Gasteiger charge is 2.41. The first kappa shape index (κ1) is 17.2. The lowest BCUT2D eigenvalue weighted by Gasteiger charge is -2.24. The zero-order chi connectivity index (χ0) is 16.3. The van der Waals surface area contributed by atoms with Crippen LogP contribution in [0.5, 0.6) is 0 Å². The van der Waals surface area contributed by atoms with Gasteiger partial charge in [-0.2, -0.15) is 0 Å². The molecule has 0 aromatic carbocycles. The molecule has 22 heavy (non-hydrogen) atoms. The third-order valence-corrected chi connectivity index (χ3v) is 5.06. The smallest absolute Gasteiger partial charge is 0.308 e. The lowest BCUT2D eigenvalue weighted by atomic mass is 9.86. The Labute approximate surface area is 133 Å². The van der Waals surface area contributed by atoms with E-state index in [0.29, 0.717) is 19.6 Å². The molecule has 2 fully saturated rings. The molecule has 0 aliphatic carbocycles. The lowest BCUT2D eigenvalue weighted by Crippen LogP contribution is -2.41. The molecular weight excluding hydrogens is 282 g/mol. The summed E-state index contributed by atoms with van der Waals surface area (Å²) in [5.74, 6) is -0.758. The van der Waals surface area contributed by atoms with Gasteiger partial charge in [-0.3, -0.25) is 14.5 Å². The number of carboxylic acids is 1. The number of carbonyl (C=O) groups excluding carboxylic acids is 1. The first-order valence-corrected chi connectivity index (χ1v) is 8.30. The highest BCUT2D eigenvalue weighted by Crippen LogP contribution is 2.30. The van der Waals surface area contributed by atoms with Crippen molar-refractivity contribution in [3.05, 3.63) is 0 Å². The van der Waals surface area contributed by atoms with Crippen LogP contribution in [0.2, 0.25) is 0 Å². The van der Waals surface area contributed by atoms with E-state index in [2.05, 4.69) is 16.8 Å². The molecule has 0 aromatic rings. The molecule has 0 saturated carbocycles. The highest BCUT2D eigenvalue weighted by atomic mass is 16.4. The maximum absolute atomic E-state index is 12.5. The van der Waals surface area contributed by atoms with E-state index in [0.717, 1.165) is 32.6 Å². The monoisotopic (exact) mass is 311 g/mol. The number of likely N-dealkylation sites (tertiary alicyclic amines) is 1. The quantitative estimate of drug-likeness (QED) is 0.816. The number of rotatable bonds is 4. The van der Waals surface area contributed by atoms with Crippen molar-refractivity contribution in [1.82, 2.24) is 14.7 Å². The van der Waals surface area contributed by atoms with Crippen molar-refractivity contribution in [1.29, 1.82) is 0 Å². The number of amides is 1. The molecule has 2 atom stereocenters. The van der Waals surface area contributed by atoms with Crippen LogP contribution in [0.25, 0.3) is 0 Å². The highest BCUT2D eigenvalue weighted by molar-refractivity contribution is 5.80. The van der Waals surface area contributed by atoms with Gasteiger partial charge in [0.25, 0.3) is 0 Å². The number of aliphatic carboxylic acids is 1. The summed E-state index contributed by atoms with van der Waals surface area (Å²) in [5.41, 5.74) is 0. The largest absolute Gasteiger partial charge is 0.481 e. The maximum Gasteiger partial charge on any atom is 0.308 e. The fourth-order valence-electron chi connectivity index (χ4n) is 3.52. The summed E-state index contributed by atoms with van der Waals surface area (Å²) in [4.78, 5) is 30.2. The molecule has 0 unspecified atom stereocenters. The molecule has 1 N–H and O–H groups in total. The van der Waals surface area contributed by atoms with Gasteiger partial charge in [0, 0.05) is 26.2 Å².